The Morgan fingerprint density at radius 3 is 2.90 bits per heavy atom. The summed E-state index contributed by atoms with van der Waals surface area (Å²) in [6.45, 7) is 1.37. The number of tetrazole rings is 1. The summed E-state index contributed by atoms with van der Waals surface area (Å²) in [4.78, 5) is 6.47. The Morgan fingerprint density at radius 1 is 1.19 bits per heavy atom. The molecular formula is C14H15N7. The number of fused-ring (bicyclic) bond motifs is 2. The van der Waals surface area contributed by atoms with Crippen LogP contribution in [0, 0.1) is 0 Å². The molecule has 0 fully saturated rings. The minimum Gasteiger partial charge on any atom is -0.346 e. The van der Waals surface area contributed by atoms with E-state index in [-0.39, 0.29) is 6.04 Å². The van der Waals surface area contributed by atoms with E-state index in [0.717, 1.165) is 18.8 Å². The van der Waals surface area contributed by atoms with Crippen LogP contribution in [0.2, 0.25) is 0 Å². The van der Waals surface area contributed by atoms with Crippen molar-refractivity contribution in [3.63, 3.8) is 0 Å². The molecule has 0 radical (unpaired) electrons. The second-order valence-electron chi connectivity index (χ2n) is 5.20. The van der Waals surface area contributed by atoms with Crippen LogP contribution in [0.5, 0.6) is 0 Å². The Kier molecular flexibility index (Phi) is 2.78. The van der Waals surface area contributed by atoms with Crippen molar-refractivity contribution >= 4 is 11.5 Å². The number of aromatic nitrogens is 5. The van der Waals surface area contributed by atoms with Gasteiger partial charge in [0.05, 0.1) is 12.4 Å². The highest BCUT2D eigenvalue weighted by Crippen LogP contribution is 2.27. The van der Waals surface area contributed by atoms with Crippen LogP contribution in [0.15, 0.2) is 36.7 Å². The molecule has 0 saturated heterocycles. The molecule has 1 aromatic carbocycles. The van der Waals surface area contributed by atoms with Crippen LogP contribution in [-0.2, 0) is 13.0 Å². The van der Waals surface area contributed by atoms with Gasteiger partial charge in [0.25, 0.3) is 0 Å². The molecule has 7 nitrogen and oxygen atoms in total. The summed E-state index contributed by atoms with van der Waals surface area (Å²) in [6.07, 6.45) is 4.37. The van der Waals surface area contributed by atoms with Gasteiger partial charge < -0.3 is 10.6 Å². The molecule has 4 rings (SSSR count). The predicted octanol–water partition coefficient (Wildman–Crippen LogP) is 0.409. The van der Waals surface area contributed by atoms with Crippen molar-refractivity contribution in [2.45, 2.75) is 19.0 Å². The van der Waals surface area contributed by atoms with Gasteiger partial charge in [-0.25, -0.2) is 0 Å². The maximum Gasteiger partial charge on any atom is 0.199 e. The smallest absolute Gasteiger partial charge is 0.199 e. The average Bonchev–Trinajstić information content (AvgIpc) is 3.02. The zero-order chi connectivity index (χ0) is 14.2. The van der Waals surface area contributed by atoms with Gasteiger partial charge in [0.1, 0.15) is 0 Å². The van der Waals surface area contributed by atoms with Crippen LogP contribution in [0.1, 0.15) is 11.1 Å². The fraction of sp³-hybridized carbons (Fsp3) is 0.286. The predicted molar refractivity (Wildman–Crippen MR) is 77.7 cm³/mol. The zero-order valence-corrected chi connectivity index (χ0v) is 11.4. The summed E-state index contributed by atoms with van der Waals surface area (Å²) in [7, 11) is 0. The highest BCUT2D eigenvalue weighted by molar-refractivity contribution is 5.50. The molecule has 0 aliphatic carbocycles. The number of anilines is 1. The number of nitrogens with zero attached hydrogens (tertiary/aromatic N) is 6. The van der Waals surface area contributed by atoms with Crippen molar-refractivity contribution in [2.24, 2.45) is 5.73 Å². The minimum absolute atomic E-state index is 0.219. The summed E-state index contributed by atoms with van der Waals surface area (Å²) in [5.74, 6) is 0.877. The van der Waals surface area contributed by atoms with E-state index < -0.39 is 0 Å². The first-order chi connectivity index (χ1) is 10.4. The Labute approximate surface area is 121 Å². The van der Waals surface area contributed by atoms with Crippen LogP contribution in [-0.4, -0.2) is 37.6 Å². The van der Waals surface area contributed by atoms with Gasteiger partial charge in [0.15, 0.2) is 11.5 Å². The number of hydrogen-bond donors (Lipinski definition) is 1. The van der Waals surface area contributed by atoms with Crippen LogP contribution >= 0.6 is 0 Å². The van der Waals surface area contributed by atoms with Crippen molar-refractivity contribution in [3.8, 4) is 0 Å². The molecule has 2 N–H and O–H groups in total. The summed E-state index contributed by atoms with van der Waals surface area (Å²) < 4.78 is 1.71. The minimum atomic E-state index is 0.219. The molecule has 1 aliphatic heterocycles. The maximum atomic E-state index is 5.98. The maximum absolute atomic E-state index is 5.98. The van der Waals surface area contributed by atoms with E-state index in [2.05, 4.69) is 49.7 Å². The Balaban J connectivity index is 1.82. The highest BCUT2D eigenvalue weighted by atomic mass is 15.5. The van der Waals surface area contributed by atoms with Gasteiger partial charge in [-0.1, -0.05) is 24.3 Å². The van der Waals surface area contributed by atoms with Gasteiger partial charge in [-0.3, -0.25) is 4.98 Å². The Morgan fingerprint density at radius 2 is 2.05 bits per heavy atom. The second kappa shape index (κ2) is 4.78. The van der Waals surface area contributed by atoms with Crippen molar-refractivity contribution in [1.82, 2.24) is 25.0 Å². The SMILES string of the molecule is NCC1Cc2ccccc2CN1c1cncc2nnnn12. The molecule has 0 bridgehead atoms. The highest BCUT2D eigenvalue weighted by Gasteiger charge is 2.27. The van der Waals surface area contributed by atoms with Gasteiger partial charge in [0, 0.05) is 19.1 Å². The third-order valence-electron chi connectivity index (χ3n) is 4.01. The largest absolute Gasteiger partial charge is 0.346 e. The fourth-order valence-electron chi connectivity index (χ4n) is 2.92. The normalized spacial score (nSPS) is 18.0. The topological polar surface area (TPSA) is 85.2 Å². The first-order valence-electron chi connectivity index (χ1n) is 6.92. The molecule has 106 valence electrons. The van der Waals surface area contributed by atoms with E-state index in [1.165, 1.54) is 11.1 Å². The van der Waals surface area contributed by atoms with Crippen molar-refractivity contribution in [3.05, 3.63) is 47.8 Å². The van der Waals surface area contributed by atoms with Gasteiger partial charge in [0.2, 0.25) is 0 Å². The van der Waals surface area contributed by atoms with E-state index in [1.807, 2.05) is 0 Å². The van der Waals surface area contributed by atoms with Crippen molar-refractivity contribution < 1.29 is 0 Å². The van der Waals surface area contributed by atoms with E-state index >= 15 is 0 Å². The van der Waals surface area contributed by atoms with Crippen molar-refractivity contribution in [1.29, 1.82) is 0 Å². The van der Waals surface area contributed by atoms with Crippen LogP contribution in [0.25, 0.3) is 5.65 Å². The molecule has 21 heavy (non-hydrogen) atoms. The summed E-state index contributed by atoms with van der Waals surface area (Å²) in [5, 5.41) is 11.7. The average molecular weight is 281 g/mol. The quantitative estimate of drug-likeness (QED) is 0.732. The molecule has 1 unspecified atom stereocenters. The van der Waals surface area contributed by atoms with Gasteiger partial charge in [-0.05, 0) is 28.0 Å². The molecule has 1 aliphatic rings. The molecule has 0 amide bonds. The fourth-order valence-corrected chi connectivity index (χ4v) is 2.92. The van der Waals surface area contributed by atoms with E-state index in [0.29, 0.717) is 12.2 Å². The summed E-state index contributed by atoms with van der Waals surface area (Å²) >= 11 is 0. The molecule has 7 heteroatoms. The van der Waals surface area contributed by atoms with E-state index in [1.54, 1.807) is 16.9 Å². The van der Waals surface area contributed by atoms with Crippen molar-refractivity contribution in [2.75, 3.05) is 11.4 Å². The van der Waals surface area contributed by atoms with Crippen LogP contribution in [0.4, 0.5) is 5.82 Å². The van der Waals surface area contributed by atoms with Crippen LogP contribution in [0.3, 0.4) is 0 Å². The van der Waals surface area contributed by atoms with Gasteiger partial charge in [-0.15, -0.1) is 5.10 Å². The monoisotopic (exact) mass is 281 g/mol. The lowest BCUT2D eigenvalue weighted by Gasteiger charge is -2.37. The lowest BCUT2D eigenvalue weighted by atomic mass is 9.94. The number of nitrogens with two attached hydrogens (primary N) is 1. The van der Waals surface area contributed by atoms with E-state index in [9.17, 15) is 0 Å². The molecular weight excluding hydrogens is 266 g/mol. The third kappa shape index (κ3) is 1.93. The lowest BCUT2D eigenvalue weighted by Crippen LogP contribution is -2.46. The van der Waals surface area contributed by atoms with Crippen LogP contribution < -0.4 is 10.6 Å². The molecule has 1 atom stereocenters. The first-order valence-corrected chi connectivity index (χ1v) is 6.92. The second-order valence-corrected chi connectivity index (χ2v) is 5.20. The molecule has 3 heterocycles. The zero-order valence-electron chi connectivity index (χ0n) is 11.4. The Bertz CT molecular complexity index is 782. The molecule has 3 aromatic rings. The Hall–Kier alpha value is -2.54. The standard InChI is InChI=1S/C14H15N7/c15-6-12-5-10-3-1-2-4-11(10)9-20(12)14-8-16-7-13-17-18-19-21(13)14/h1-4,7-8,12H,5-6,9,15H2. The first kappa shape index (κ1) is 12.2. The number of hydrogen-bond acceptors (Lipinski definition) is 6. The molecule has 0 saturated carbocycles. The summed E-state index contributed by atoms with van der Waals surface area (Å²) in [5.41, 5.74) is 9.30. The lowest BCUT2D eigenvalue weighted by molar-refractivity contribution is 0.547. The van der Waals surface area contributed by atoms with E-state index in [4.69, 9.17) is 5.73 Å². The third-order valence-corrected chi connectivity index (χ3v) is 4.01. The number of rotatable bonds is 2. The van der Waals surface area contributed by atoms with Gasteiger partial charge >= 0.3 is 0 Å². The molecule has 2 aromatic heterocycles. The number of benzene rings is 1. The summed E-state index contributed by atoms with van der Waals surface area (Å²) in [6, 6.07) is 8.69. The molecule has 0 spiro atoms. The van der Waals surface area contributed by atoms with Gasteiger partial charge in [-0.2, -0.15) is 4.52 Å².